The van der Waals surface area contributed by atoms with Gasteiger partial charge in [0, 0.05) is 21.7 Å². The highest BCUT2D eigenvalue weighted by Crippen LogP contribution is 2.25. The second kappa shape index (κ2) is 5.83. The number of hydrogen-bond donors (Lipinski definition) is 1. The smallest absolute Gasteiger partial charge is 0.211 e. The molecule has 4 aromatic rings. The minimum atomic E-state index is 0.663. The van der Waals surface area contributed by atoms with E-state index in [1.807, 2.05) is 24.3 Å². The molecule has 0 aliphatic rings. The number of thioether (sulfide) groups is 1. The Morgan fingerprint density at radius 3 is 2.74 bits per heavy atom. The van der Waals surface area contributed by atoms with Crippen LogP contribution in [0.3, 0.4) is 0 Å². The molecular formula is C17H13ClN4S. The fourth-order valence-electron chi connectivity index (χ4n) is 2.46. The van der Waals surface area contributed by atoms with Gasteiger partial charge in [-0.2, -0.15) is 0 Å². The second-order valence-electron chi connectivity index (χ2n) is 5.38. The lowest BCUT2D eigenvalue weighted by molar-refractivity contribution is 0.878. The monoisotopic (exact) mass is 340 g/mol. The van der Waals surface area contributed by atoms with Crippen molar-refractivity contribution in [3.05, 3.63) is 58.6 Å². The van der Waals surface area contributed by atoms with E-state index in [0.717, 1.165) is 32.8 Å². The largest absolute Gasteiger partial charge is 0.338 e. The third-order valence-electron chi connectivity index (χ3n) is 3.63. The lowest BCUT2D eigenvalue weighted by Crippen LogP contribution is -1.92. The average Bonchev–Trinajstić information content (AvgIpc) is 2.91. The van der Waals surface area contributed by atoms with Gasteiger partial charge in [0.15, 0.2) is 5.65 Å². The number of benzene rings is 2. The Hall–Kier alpha value is -2.11. The van der Waals surface area contributed by atoms with Crippen LogP contribution in [0, 0.1) is 6.92 Å². The molecule has 0 saturated carbocycles. The molecule has 0 fully saturated rings. The van der Waals surface area contributed by atoms with Gasteiger partial charge < -0.3 is 4.98 Å². The number of aromatic nitrogens is 4. The molecule has 0 bridgehead atoms. The molecule has 4 nitrogen and oxygen atoms in total. The molecule has 0 unspecified atom stereocenters. The van der Waals surface area contributed by atoms with E-state index in [1.165, 1.54) is 11.1 Å². The fraction of sp³-hybridized carbons (Fsp3) is 0.118. The zero-order valence-electron chi connectivity index (χ0n) is 12.4. The zero-order chi connectivity index (χ0) is 15.8. The summed E-state index contributed by atoms with van der Waals surface area (Å²) in [6.07, 6.45) is 0. The Bertz CT molecular complexity index is 995. The van der Waals surface area contributed by atoms with Gasteiger partial charge >= 0.3 is 0 Å². The summed E-state index contributed by atoms with van der Waals surface area (Å²) >= 11 is 7.46. The van der Waals surface area contributed by atoms with Crippen LogP contribution in [0.4, 0.5) is 0 Å². The van der Waals surface area contributed by atoms with Crippen LogP contribution >= 0.6 is 23.4 Å². The Morgan fingerprint density at radius 1 is 1.09 bits per heavy atom. The Morgan fingerprint density at radius 2 is 1.91 bits per heavy atom. The highest BCUT2D eigenvalue weighted by atomic mass is 35.5. The number of aryl methyl sites for hydroxylation is 1. The van der Waals surface area contributed by atoms with Crippen LogP contribution in [0.15, 0.2) is 47.6 Å². The predicted octanol–water partition coefficient (Wildman–Crippen LogP) is 4.76. The van der Waals surface area contributed by atoms with Crippen molar-refractivity contribution < 1.29 is 0 Å². The van der Waals surface area contributed by atoms with Crippen molar-refractivity contribution in [3.63, 3.8) is 0 Å². The van der Waals surface area contributed by atoms with Crippen LogP contribution in [-0.4, -0.2) is 20.2 Å². The molecular weight excluding hydrogens is 328 g/mol. The maximum atomic E-state index is 5.90. The summed E-state index contributed by atoms with van der Waals surface area (Å²) in [5.74, 6) is 0.781. The lowest BCUT2D eigenvalue weighted by Gasteiger charge is -2.00. The Balaban J connectivity index is 1.63. The topological polar surface area (TPSA) is 54.5 Å². The molecule has 0 saturated heterocycles. The van der Waals surface area contributed by atoms with Gasteiger partial charge in [-0.1, -0.05) is 47.1 Å². The number of H-pyrrole nitrogens is 1. The molecule has 0 radical (unpaired) electrons. The lowest BCUT2D eigenvalue weighted by atomic mass is 10.2. The van der Waals surface area contributed by atoms with E-state index in [1.54, 1.807) is 11.8 Å². The van der Waals surface area contributed by atoms with Gasteiger partial charge in [0.25, 0.3) is 0 Å². The summed E-state index contributed by atoms with van der Waals surface area (Å²) < 4.78 is 0. The number of nitrogens with one attached hydrogen (secondary N) is 1. The summed E-state index contributed by atoms with van der Waals surface area (Å²) in [5, 5.41) is 11.1. The molecule has 6 heteroatoms. The van der Waals surface area contributed by atoms with Crippen molar-refractivity contribution in [1.82, 2.24) is 20.2 Å². The van der Waals surface area contributed by atoms with Gasteiger partial charge in [-0.25, -0.2) is 4.98 Å². The molecule has 0 aliphatic carbocycles. The summed E-state index contributed by atoms with van der Waals surface area (Å²) in [5.41, 5.74) is 5.00. The predicted molar refractivity (Wildman–Crippen MR) is 94.9 cm³/mol. The quantitative estimate of drug-likeness (QED) is 0.546. The molecule has 2 aromatic heterocycles. The summed E-state index contributed by atoms with van der Waals surface area (Å²) in [7, 11) is 0. The third-order valence-corrected chi connectivity index (χ3v) is 4.79. The van der Waals surface area contributed by atoms with E-state index in [4.69, 9.17) is 11.6 Å². The molecule has 114 valence electrons. The first-order valence-corrected chi connectivity index (χ1v) is 8.55. The maximum Gasteiger partial charge on any atom is 0.211 e. The van der Waals surface area contributed by atoms with Crippen LogP contribution in [0.2, 0.25) is 5.02 Å². The van der Waals surface area contributed by atoms with Crippen molar-refractivity contribution in [1.29, 1.82) is 0 Å². The first kappa shape index (κ1) is 14.5. The second-order valence-corrected chi connectivity index (χ2v) is 6.76. The zero-order valence-corrected chi connectivity index (χ0v) is 13.9. The van der Waals surface area contributed by atoms with Crippen molar-refractivity contribution in [2.45, 2.75) is 17.8 Å². The number of aromatic amines is 1. The van der Waals surface area contributed by atoms with Crippen molar-refractivity contribution in [3.8, 4) is 0 Å². The molecule has 0 amide bonds. The highest BCUT2D eigenvalue weighted by molar-refractivity contribution is 7.98. The number of nitrogens with zero attached hydrogens (tertiary/aromatic N) is 3. The normalized spacial score (nSPS) is 11.4. The van der Waals surface area contributed by atoms with E-state index in [2.05, 4.69) is 45.3 Å². The van der Waals surface area contributed by atoms with Crippen molar-refractivity contribution in [2.75, 3.05) is 0 Å². The molecule has 23 heavy (non-hydrogen) atoms. The first-order valence-electron chi connectivity index (χ1n) is 7.19. The summed E-state index contributed by atoms with van der Waals surface area (Å²) in [6, 6.07) is 14.0. The van der Waals surface area contributed by atoms with E-state index in [9.17, 15) is 0 Å². The van der Waals surface area contributed by atoms with Gasteiger partial charge in [-0.3, -0.25) is 0 Å². The molecule has 0 atom stereocenters. The Kier molecular flexibility index (Phi) is 3.67. The van der Waals surface area contributed by atoms with Gasteiger partial charge in [0.2, 0.25) is 5.16 Å². The maximum absolute atomic E-state index is 5.90. The van der Waals surface area contributed by atoms with Crippen LogP contribution in [0.1, 0.15) is 11.1 Å². The summed E-state index contributed by atoms with van der Waals surface area (Å²) in [6.45, 7) is 2.06. The van der Waals surface area contributed by atoms with Crippen molar-refractivity contribution in [2.24, 2.45) is 0 Å². The third kappa shape index (κ3) is 2.90. The highest BCUT2D eigenvalue weighted by Gasteiger charge is 2.09. The van der Waals surface area contributed by atoms with E-state index in [-0.39, 0.29) is 0 Å². The molecule has 2 aromatic carbocycles. The fourth-order valence-corrected chi connectivity index (χ4v) is 3.33. The average molecular weight is 341 g/mol. The molecule has 0 spiro atoms. The van der Waals surface area contributed by atoms with E-state index < -0.39 is 0 Å². The van der Waals surface area contributed by atoms with Crippen LogP contribution < -0.4 is 0 Å². The SMILES string of the molecule is Cc1ccc2[nH]c3nc(SCc4ccc(Cl)cc4)nnc3c2c1. The first-order chi connectivity index (χ1) is 11.2. The standard InChI is InChI=1S/C17H13ClN4S/c1-10-2-7-14-13(8-10)15-16(19-14)20-17(22-21-15)23-9-11-3-5-12(18)6-4-11/h2-8H,9H2,1H3,(H,19,20,22). The van der Waals surface area contributed by atoms with Crippen molar-refractivity contribution >= 4 is 45.4 Å². The van der Waals surface area contributed by atoms with Gasteiger partial charge in [-0.05, 0) is 36.8 Å². The van der Waals surface area contributed by atoms with Crippen LogP contribution in [0.5, 0.6) is 0 Å². The van der Waals surface area contributed by atoms with Gasteiger partial charge in [0.05, 0.1) is 0 Å². The molecule has 4 rings (SSSR count). The molecule has 1 N–H and O–H groups in total. The molecule has 0 aliphatic heterocycles. The van der Waals surface area contributed by atoms with Gasteiger partial charge in [-0.15, -0.1) is 10.2 Å². The number of rotatable bonds is 3. The molecule has 2 heterocycles. The van der Waals surface area contributed by atoms with Crippen LogP contribution in [-0.2, 0) is 5.75 Å². The number of fused-ring (bicyclic) bond motifs is 3. The number of hydrogen-bond acceptors (Lipinski definition) is 4. The minimum absolute atomic E-state index is 0.663. The van der Waals surface area contributed by atoms with Gasteiger partial charge in [0.1, 0.15) is 5.52 Å². The Labute approximate surface area is 142 Å². The van der Waals surface area contributed by atoms with Crippen LogP contribution in [0.25, 0.3) is 22.1 Å². The van der Waals surface area contributed by atoms with E-state index >= 15 is 0 Å². The van der Waals surface area contributed by atoms with E-state index in [0.29, 0.717) is 5.16 Å². The number of halogens is 1. The minimum Gasteiger partial charge on any atom is -0.338 e. The summed E-state index contributed by atoms with van der Waals surface area (Å²) in [4.78, 5) is 7.89.